The van der Waals surface area contributed by atoms with Gasteiger partial charge in [0, 0.05) is 0 Å². The molecule has 0 aliphatic carbocycles. The van der Waals surface area contributed by atoms with Crippen molar-refractivity contribution in [1.29, 1.82) is 0 Å². The molecule has 0 rings (SSSR count). The van der Waals surface area contributed by atoms with Crippen LogP contribution in [-0.2, 0) is 4.79 Å². The molecule has 0 spiro atoms. The van der Waals surface area contributed by atoms with E-state index >= 15 is 0 Å². The maximum atomic E-state index is 9.53. The van der Waals surface area contributed by atoms with Crippen LogP contribution in [0.5, 0.6) is 0 Å². The third kappa shape index (κ3) is 69.7. The van der Waals surface area contributed by atoms with Crippen LogP contribution in [0.1, 0.15) is 13.8 Å². The first-order chi connectivity index (χ1) is 4.00. The number of hydrogen-bond donors (Lipinski definition) is 0. The SMILES string of the molecule is C=CC(=O)[O-].CC(C)[O-].[Ba+2]. The van der Waals surface area contributed by atoms with Gasteiger partial charge in [-0.25, -0.2) is 0 Å². The van der Waals surface area contributed by atoms with Crippen LogP contribution < -0.4 is 10.2 Å². The number of carboxylic acid groups (broad SMARTS) is 1. The molecular weight excluding hydrogens is 257 g/mol. The fourth-order valence-electron chi connectivity index (χ4n) is 0. The molecule has 0 saturated carbocycles. The van der Waals surface area contributed by atoms with Crippen LogP contribution in [0.2, 0.25) is 0 Å². The van der Waals surface area contributed by atoms with Gasteiger partial charge in [0.15, 0.2) is 0 Å². The quantitative estimate of drug-likeness (QED) is 0.420. The first kappa shape index (κ1) is 17.0. The second-order valence-electron chi connectivity index (χ2n) is 1.57. The van der Waals surface area contributed by atoms with Crippen LogP contribution in [0.25, 0.3) is 0 Å². The summed E-state index contributed by atoms with van der Waals surface area (Å²) in [4.78, 5) is 9.14. The van der Waals surface area contributed by atoms with E-state index in [2.05, 4.69) is 6.58 Å². The topological polar surface area (TPSA) is 63.2 Å². The molecule has 0 aromatic carbocycles. The van der Waals surface area contributed by atoms with Gasteiger partial charge in [0.1, 0.15) is 0 Å². The molecule has 0 fully saturated rings. The van der Waals surface area contributed by atoms with Gasteiger partial charge in [-0.05, 0) is 6.08 Å². The van der Waals surface area contributed by atoms with Gasteiger partial charge in [0.05, 0.1) is 5.97 Å². The van der Waals surface area contributed by atoms with Crippen LogP contribution in [0.4, 0.5) is 0 Å². The van der Waals surface area contributed by atoms with Crippen molar-refractivity contribution < 1.29 is 15.0 Å². The molecule has 0 aliphatic rings. The van der Waals surface area contributed by atoms with Gasteiger partial charge in [-0.1, -0.05) is 20.4 Å². The molecule has 0 unspecified atom stereocenters. The molecule has 54 valence electrons. The van der Waals surface area contributed by atoms with Crippen molar-refractivity contribution in [3.8, 4) is 0 Å². The van der Waals surface area contributed by atoms with Crippen molar-refractivity contribution >= 4 is 54.9 Å². The van der Waals surface area contributed by atoms with Crippen molar-refractivity contribution in [3.05, 3.63) is 12.7 Å². The van der Waals surface area contributed by atoms with Crippen molar-refractivity contribution in [2.24, 2.45) is 0 Å². The third-order valence-electron chi connectivity index (χ3n) is 0.167. The Balaban J connectivity index is -0.0000000910. The van der Waals surface area contributed by atoms with E-state index in [0.29, 0.717) is 0 Å². The van der Waals surface area contributed by atoms with E-state index in [-0.39, 0.29) is 48.9 Å². The zero-order chi connectivity index (χ0) is 7.86. The molecule has 10 heavy (non-hydrogen) atoms. The van der Waals surface area contributed by atoms with Crippen LogP contribution >= 0.6 is 0 Å². The summed E-state index contributed by atoms with van der Waals surface area (Å²) in [5, 5.41) is 18.7. The van der Waals surface area contributed by atoms with E-state index in [1.54, 1.807) is 13.8 Å². The Morgan fingerprint density at radius 1 is 1.60 bits per heavy atom. The number of aliphatic carboxylic acids is 1. The fraction of sp³-hybridized carbons (Fsp3) is 0.500. The van der Waals surface area contributed by atoms with Crippen molar-refractivity contribution in [2.75, 3.05) is 0 Å². The molecule has 0 saturated heterocycles. The molecule has 0 amide bonds. The average Bonchev–Trinajstić information content (AvgIpc) is 1.65. The third-order valence-corrected chi connectivity index (χ3v) is 0.167. The summed E-state index contributed by atoms with van der Waals surface area (Å²) < 4.78 is 0. The first-order valence-corrected chi connectivity index (χ1v) is 2.50. The summed E-state index contributed by atoms with van der Waals surface area (Å²) in [6.07, 6.45) is 0.306. The molecule has 0 heterocycles. The molecule has 0 radical (unpaired) electrons. The number of hydrogen-bond acceptors (Lipinski definition) is 3. The molecule has 0 aromatic rings. The Labute approximate surface area is 101 Å². The van der Waals surface area contributed by atoms with Crippen LogP contribution in [-0.4, -0.2) is 61.0 Å². The molecule has 0 bridgehead atoms. The normalized spacial score (nSPS) is 6.80. The summed E-state index contributed by atoms with van der Waals surface area (Å²) in [5.41, 5.74) is 0. The summed E-state index contributed by atoms with van der Waals surface area (Å²) >= 11 is 0. The van der Waals surface area contributed by atoms with E-state index in [4.69, 9.17) is 9.90 Å². The minimum absolute atomic E-state index is 0. The predicted octanol–water partition coefficient (Wildman–Crippen LogP) is -1.70. The zero-order valence-corrected chi connectivity index (χ0v) is 10.7. The molecule has 3 nitrogen and oxygen atoms in total. The number of carbonyl (C=O) groups is 1. The predicted molar refractivity (Wildman–Crippen MR) is 36.1 cm³/mol. The minimum Gasteiger partial charge on any atom is -0.852 e. The zero-order valence-electron chi connectivity index (χ0n) is 6.29. The molecular formula is C6H10BaO3. The Morgan fingerprint density at radius 3 is 1.70 bits per heavy atom. The van der Waals surface area contributed by atoms with Crippen molar-refractivity contribution in [1.82, 2.24) is 0 Å². The first-order valence-electron chi connectivity index (χ1n) is 2.50. The summed E-state index contributed by atoms with van der Waals surface area (Å²) in [6.45, 7) is 6.12. The molecule has 0 N–H and O–H groups in total. The van der Waals surface area contributed by atoms with E-state index < -0.39 is 12.1 Å². The number of carbonyl (C=O) groups excluding carboxylic acids is 1. The van der Waals surface area contributed by atoms with Crippen LogP contribution in [0, 0.1) is 0 Å². The van der Waals surface area contributed by atoms with Crippen LogP contribution in [0.3, 0.4) is 0 Å². The van der Waals surface area contributed by atoms with Gasteiger partial charge in [-0.15, -0.1) is 6.10 Å². The Morgan fingerprint density at radius 2 is 1.70 bits per heavy atom. The number of carboxylic acids is 1. The van der Waals surface area contributed by atoms with E-state index in [1.165, 1.54) is 0 Å². The minimum atomic E-state index is -1.23. The smallest absolute Gasteiger partial charge is 0.852 e. The maximum absolute atomic E-state index is 9.53. The van der Waals surface area contributed by atoms with Gasteiger partial charge in [-0.3, -0.25) is 0 Å². The van der Waals surface area contributed by atoms with Gasteiger partial charge < -0.3 is 15.0 Å². The largest absolute Gasteiger partial charge is 2.00 e. The van der Waals surface area contributed by atoms with Gasteiger partial charge in [0.25, 0.3) is 0 Å². The molecule has 0 aliphatic heterocycles. The van der Waals surface area contributed by atoms with E-state index in [9.17, 15) is 5.11 Å². The monoisotopic (exact) mass is 268 g/mol. The molecule has 0 atom stereocenters. The van der Waals surface area contributed by atoms with Crippen molar-refractivity contribution in [3.63, 3.8) is 0 Å². The van der Waals surface area contributed by atoms with Gasteiger partial charge in [0.2, 0.25) is 0 Å². The van der Waals surface area contributed by atoms with Gasteiger partial charge >= 0.3 is 48.9 Å². The van der Waals surface area contributed by atoms with E-state index in [1.807, 2.05) is 0 Å². The summed E-state index contributed by atoms with van der Waals surface area (Å²) in [6, 6.07) is 0. The Bertz CT molecular complexity index is 88.2. The maximum Gasteiger partial charge on any atom is 2.00 e. The summed E-state index contributed by atoms with van der Waals surface area (Å²) in [5.74, 6) is -1.23. The second kappa shape index (κ2) is 12.4. The van der Waals surface area contributed by atoms with Crippen LogP contribution in [0.15, 0.2) is 12.7 Å². The summed E-state index contributed by atoms with van der Waals surface area (Å²) in [7, 11) is 0. The number of rotatable bonds is 1. The Hall–Kier alpha value is 0.741. The molecule has 4 heteroatoms. The second-order valence-corrected chi connectivity index (χ2v) is 1.57. The average molecular weight is 267 g/mol. The van der Waals surface area contributed by atoms with Crippen molar-refractivity contribution in [2.45, 2.75) is 20.0 Å². The van der Waals surface area contributed by atoms with Gasteiger partial charge in [-0.2, -0.15) is 0 Å². The molecule has 0 aromatic heterocycles. The van der Waals surface area contributed by atoms with E-state index in [0.717, 1.165) is 6.08 Å². The Kier molecular flexibility index (Phi) is 21.1. The fourth-order valence-corrected chi connectivity index (χ4v) is 0. The standard InChI is InChI=1S/C3H4O2.C3H7O.Ba/c1-2-3(4)5;1-3(2)4;/h2H,1H2,(H,4,5);3H,1-2H3;/q;-1;+2/p-1.